The summed E-state index contributed by atoms with van der Waals surface area (Å²) in [5, 5.41) is 6.54. The Kier molecular flexibility index (Phi) is 3.77. The number of hydrogen-bond donors (Lipinski definition) is 0. The molecular weight excluding hydrogens is 215 g/mol. The van der Waals surface area contributed by atoms with Crippen molar-refractivity contribution >= 4 is 6.21 Å². The minimum absolute atomic E-state index is 0.214. The topological polar surface area (TPSA) is 15.6 Å². The number of nitrogens with zero attached hydrogens (tertiary/aromatic N) is 2. The number of hydrogen-bond acceptors (Lipinski definition) is 2. The molecular formula is C14H19FN2. The molecule has 0 N–H and O–H groups in total. The molecule has 0 aliphatic carbocycles. The fourth-order valence-corrected chi connectivity index (χ4v) is 2.34. The van der Waals surface area contributed by atoms with Gasteiger partial charge in [0.25, 0.3) is 0 Å². The van der Waals surface area contributed by atoms with Gasteiger partial charge in [-0.15, -0.1) is 0 Å². The van der Waals surface area contributed by atoms with E-state index in [0.717, 1.165) is 0 Å². The lowest BCUT2D eigenvalue weighted by molar-refractivity contribution is 0.109. The molecule has 1 aromatic rings. The summed E-state index contributed by atoms with van der Waals surface area (Å²) in [6.45, 7) is 4.35. The van der Waals surface area contributed by atoms with Gasteiger partial charge in [-0.2, -0.15) is 5.10 Å². The van der Waals surface area contributed by atoms with Crippen LogP contribution >= 0.6 is 0 Å². The lowest BCUT2D eigenvalue weighted by atomic mass is 10.00. The quantitative estimate of drug-likeness (QED) is 0.716. The van der Waals surface area contributed by atoms with Gasteiger partial charge < -0.3 is 0 Å². The molecule has 0 saturated carbocycles. The van der Waals surface area contributed by atoms with Crippen LogP contribution in [0.15, 0.2) is 29.4 Å². The molecule has 1 aliphatic rings. The average Bonchev–Trinajstić information content (AvgIpc) is 2.30. The van der Waals surface area contributed by atoms with Crippen molar-refractivity contribution in [2.75, 3.05) is 0 Å². The first-order chi connectivity index (χ1) is 8.18. The van der Waals surface area contributed by atoms with Gasteiger partial charge in [0.1, 0.15) is 5.82 Å². The first-order valence-electron chi connectivity index (χ1n) is 6.25. The third kappa shape index (κ3) is 2.84. The van der Waals surface area contributed by atoms with Crippen molar-refractivity contribution in [3.8, 4) is 0 Å². The molecule has 2 nitrogen and oxygen atoms in total. The zero-order chi connectivity index (χ0) is 12.3. The molecule has 1 heterocycles. The number of benzene rings is 1. The molecule has 1 aliphatic heterocycles. The van der Waals surface area contributed by atoms with E-state index in [2.05, 4.69) is 24.0 Å². The smallest absolute Gasteiger partial charge is 0.132 e. The summed E-state index contributed by atoms with van der Waals surface area (Å²) < 4.78 is 13.4. The molecule has 0 amide bonds. The van der Waals surface area contributed by atoms with Gasteiger partial charge in [-0.3, -0.25) is 5.01 Å². The lowest BCUT2D eigenvalue weighted by Gasteiger charge is -2.36. The molecule has 2 rings (SSSR count). The van der Waals surface area contributed by atoms with Crippen molar-refractivity contribution < 1.29 is 4.39 Å². The fourth-order valence-electron chi connectivity index (χ4n) is 2.34. The van der Waals surface area contributed by atoms with Gasteiger partial charge in [0.2, 0.25) is 0 Å². The van der Waals surface area contributed by atoms with Crippen LogP contribution in [-0.4, -0.2) is 23.3 Å². The molecule has 0 bridgehead atoms. The predicted octanol–water partition coefficient (Wildman–Crippen LogP) is 3.42. The van der Waals surface area contributed by atoms with Crippen LogP contribution in [0.2, 0.25) is 0 Å². The highest BCUT2D eigenvalue weighted by Crippen LogP contribution is 2.22. The summed E-state index contributed by atoms with van der Waals surface area (Å²) in [6, 6.07) is 7.62. The number of hydrazone groups is 1. The molecule has 1 aromatic carbocycles. The summed E-state index contributed by atoms with van der Waals surface area (Å²) in [7, 11) is 0. The summed E-state index contributed by atoms with van der Waals surface area (Å²) >= 11 is 0. The summed E-state index contributed by atoms with van der Waals surface area (Å²) in [4.78, 5) is 0. The second-order valence-corrected chi connectivity index (χ2v) is 4.78. The maximum absolute atomic E-state index is 13.4. The molecule has 2 atom stereocenters. The molecule has 1 saturated heterocycles. The van der Waals surface area contributed by atoms with E-state index >= 15 is 0 Å². The van der Waals surface area contributed by atoms with Gasteiger partial charge in [-0.1, -0.05) is 18.2 Å². The van der Waals surface area contributed by atoms with E-state index in [-0.39, 0.29) is 5.82 Å². The maximum atomic E-state index is 13.4. The molecule has 3 heteroatoms. The van der Waals surface area contributed by atoms with Gasteiger partial charge in [0.05, 0.1) is 6.21 Å². The molecule has 92 valence electrons. The summed E-state index contributed by atoms with van der Waals surface area (Å²) in [5.41, 5.74) is 0.553. The van der Waals surface area contributed by atoms with Crippen molar-refractivity contribution in [3.63, 3.8) is 0 Å². The van der Waals surface area contributed by atoms with E-state index in [9.17, 15) is 4.39 Å². The first kappa shape index (κ1) is 12.1. The normalized spacial score (nSPS) is 25.5. The van der Waals surface area contributed by atoms with Crippen molar-refractivity contribution in [1.82, 2.24) is 5.01 Å². The Labute approximate surface area is 102 Å². The highest BCUT2D eigenvalue weighted by atomic mass is 19.1. The van der Waals surface area contributed by atoms with Gasteiger partial charge in [0, 0.05) is 17.6 Å². The van der Waals surface area contributed by atoms with Crippen LogP contribution in [0.25, 0.3) is 0 Å². The highest BCUT2D eigenvalue weighted by Gasteiger charge is 2.22. The van der Waals surface area contributed by atoms with Gasteiger partial charge in [-0.05, 0) is 39.2 Å². The minimum Gasteiger partial charge on any atom is -0.292 e. The van der Waals surface area contributed by atoms with Crippen LogP contribution in [-0.2, 0) is 0 Å². The van der Waals surface area contributed by atoms with Crippen LogP contribution in [0.1, 0.15) is 38.7 Å². The third-order valence-electron chi connectivity index (χ3n) is 3.38. The highest BCUT2D eigenvalue weighted by molar-refractivity contribution is 5.79. The monoisotopic (exact) mass is 234 g/mol. The zero-order valence-electron chi connectivity index (χ0n) is 10.4. The Morgan fingerprint density at radius 3 is 2.53 bits per heavy atom. The lowest BCUT2D eigenvalue weighted by Crippen LogP contribution is -2.39. The maximum Gasteiger partial charge on any atom is 0.132 e. The molecule has 17 heavy (non-hydrogen) atoms. The molecule has 0 radical (unpaired) electrons. The zero-order valence-corrected chi connectivity index (χ0v) is 10.4. The Hall–Kier alpha value is -1.38. The van der Waals surface area contributed by atoms with Crippen LogP contribution in [0.3, 0.4) is 0 Å². The summed E-state index contributed by atoms with van der Waals surface area (Å²) in [6.07, 6.45) is 5.22. The first-order valence-corrected chi connectivity index (χ1v) is 6.25. The van der Waals surface area contributed by atoms with Crippen molar-refractivity contribution in [2.24, 2.45) is 5.10 Å². The van der Waals surface area contributed by atoms with Gasteiger partial charge in [0.15, 0.2) is 0 Å². The minimum atomic E-state index is -0.214. The van der Waals surface area contributed by atoms with Crippen molar-refractivity contribution in [3.05, 3.63) is 35.6 Å². The third-order valence-corrected chi connectivity index (χ3v) is 3.38. The number of piperidine rings is 1. The van der Waals surface area contributed by atoms with Crippen LogP contribution in [0.4, 0.5) is 4.39 Å². The molecule has 0 unspecified atom stereocenters. The van der Waals surface area contributed by atoms with Crippen molar-refractivity contribution in [2.45, 2.75) is 45.2 Å². The Morgan fingerprint density at radius 2 is 1.88 bits per heavy atom. The number of halogens is 1. The molecule has 0 aromatic heterocycles. The van der Waals surface area contributed by atoms with E-state index in [1.54, 1.807) is 18.3 Å². The largest absolute Gasteiger partial charge is 0.292 e. The molecule has 1 fully saturated rings. The van der Waals surface area contributed by atoms with Crippen molar-refractivity contribution in [1.29, 1.82) is 0 Å². The average molecular weight is 234 g/mol. The molecule has 0 spiro atoms. The van der Waals surface area contributed by atoms with Crippen LogP contribution in [0, 0.1) is 5.82 Å². The fraction of sp³-hybridized carbons (Fsp3) is 0.500. The Bertz CT molecular complexity index is 393. The van der Waals surface area contributed by atoms with E-state index in [4.69, 9.17) is 0 Å². The SMILES string of the molecule is C[C@H]1CCC[C@H](C)N1/N=C\c1ccccc1F. The second kappa shape index (κ2) is 5.30. The predicted molar refractivity (Wildman–Crippen MR) is 68.6 cm³/mol. The standard InChI is InChI=1S/C14H19FN2/c1-11-6-5-7-12(2)17(11)16-10-13-8-3-4-9-14(13)15/h3-4,8-12H,5-7H2,1-2H3/b16-10-/t11-,12-/m0/s1. The van der Waals surface area contributed by atoms with E-state index in [1.165, 1.54) is 25.3 Å². The summed E-state index contributed by atoms with van der Waals surface area (Å²) in [5.74, 6) is -0.214. The van der Waals surface area contributed by atoms with E-state index in [1.807, 2.05) is 6.07 Å². The number of rotatable bonds is 2. The van der Waals surface area contributed by atoms with E-state index in [0.29, 0.717) is 17.6 Å². The van der Waals surface area contributed by atoms with Crippen LogP contribution in [0.5, 0.6) is 0 Å². The Balaban J connectivity index is 2.11. The Morgan fingerprint density at radius 1 is 1.24 bits per heavy atom. The van der Waals surface area contributed by atoms with Crippen LogP contribution < -0.4 is 0 Å². The van der Waals surface area contributed by atoms with Gasteiger partial charge in [-0.25, -0.2) is 4.39 Å². The second-order valence-electron chi connectivity index (χ2n) is 4.78. The van der Waals surface area contributed by atoms with E-state index < -0.39 is 0 Å². The van der Waals surface area contributed by atoms with Gasteiger partial charge >= 0.3 is 0 Å².